The normalized spacial score (nSPS) is 10.1. The van der Waals surface area contributed by atoms with E-state index in [-0.39, 0.29) is 13.2 Å². The first-order chi connectivity index (χ1) is 9.76. The molecule has 0 radical (unpaired) electrons. The molecule has 0 aliphatic heterocycles. The van der Waals surface area contributed by atoms with Crippen molar-refractivity contribution in [3.8, 4) is 16.9 Å². The zero-order valence-electron chi connectivity index (χ0n) is 11.2. The lowest BCUT2D eigenvalue weighted by molar-refractivity contribution is 0.0594. The first kappa shape index (κ1) is 14.1. The molecule has 0 aliphatic rings. The van der Waals surface area contributed by atoms with Crippen molar-refractivity contribution >= 4 is 5.97 Å². The maximum absolute atomic E-state index is 11.8. The van der Waals surface area contributed by atoms with Gasteiger partial charge in [0.05, 0.1) is 13.7 Å². The van der Waals surface area contributed by atoms with Gasteiger partial charge in [-0.3, -0.25) is 0 Å². The number of aliphatic hydroxyl groups excluding tert-OH is 1. The zero-order valence-corrected chi connectivity index (χ0v) is 11.2. The predicted molar refractivity (Wildman–Crippen MR) is 75.8 cm³/mol. The van der Waals surface area contributed by atoms with E-state index in [2.05, 4.69) is 0 Å². The molecular formula is C16H16O4. The lowest BCUT2D eigenvalue weighted by atomic mass is 10.0. The summed E-state index contributed by atoms with van der Waals surface area (Å²) in [6, 6.07) is 15.0. The lowest BCUT2D eigenvalue weighted by Crippen LogP contribution is -2.08. The SMILES string of the molecule is COC(=O)c1cc(-c2ccccc2)ccc1OCCO. The number of benzene rings is 2. The quantitative estimate of drug-likeness (QED) is 0.850. The summed E-state index contributed by atoms with van der Waals surface area (Å²) in [4.78, 5) is 11.8. The second kappa shape index (κ2) is 6.73. The fraction of sp³-hybridized carbons (Fsp3) is 0.188. The molecule has 2 aromatic carbocycles. The fourth-order valence-corrected chi connectivity index (χ4v) is 1.89. The van der Waals surface area contributed by atoms with E-state index >= 15 is 0 Å². The van der Waals surface area contributed by atoms with E-state index in [0.717, 1.165) is 11.1 Å². The van der Waals surface area contributed by atoms with Crippen LogP contribution in [0.4, 0.5) is 0 Å². The molecule has 0 bridgehead atoms. The molecule has 104 valence electrons. The number of ether oxygens (including phenoxy) is 2. The minimum atomic E-state index is -0.462. The van der Waals surface area contributed by atoms with Gasteiger partial charge in [-0.25, -0.2) is 4.79 Å². The van der Waals surface area contributed by atoms with E-state index in [4.69, 9.17) is 14.6 Å². The average molecular weight is 272 g/mol. The van der Waals surface area contributed by atoms with Crippen molar-refractivity contribution in [2.45, 2.75) is 0 Å². The number of methoxy groups -OCH3 is 1. The standard InChI is InChI=1S/C16H16O4/c1-19-16(18)14-11-13(12-5-3-2-4-6-12)7-8-15(14)20-10-9-17/h2-8,11,17H,9-10H2,1H3. The molecule has 0 fully saturated rings. The van der Waals surface area contributed by atoms with Gasteiger partial charge in [-0.2, -0.15) is 0 Å². The largest absolute Gasteiger partial charge is 0.490 e. The first-order valence-corrected chi connectivity index (χ1v) is 6.27. The van der Waals surface area contributed by atoms with E-state index in [1.807, 2.05) is 36.4 Å². The molecule has 2 rings (SSSR count). The van der Waals surface area contributed by atoms with Crippen molar-refractivity contribution < 1.29 is 19.4 Å². The smallest absolute Gasteiger partial charge is 0.341 e. The van der Waals surface area contributed by atoms with Gasteiger partial charge in [-0.05, 0) is 23.3 Å². The van der Waals surface area contributed by atoms with Gasteiger partial charge in [-0.1, -0.05) is 36.4 Å². The molecule has 0 amide bonds. The number of hydrogen-bond acceptors (Lipinski definition) is 4. The molecule has 0 aromatic heterocycles. The Labute approximate surface area is 117 Å². The Morgan fingerprint density at radius 2 is 1.85 bits per heavy atom. The molecule has 0 unspecified atom stereocenters. The molecule has 2 aromatic rings. The summed E-state index contributed by atoms with van der Waals surface area (Å²) in [6.45, 7) is 0.0235. The molecule has 1 N–H and O–H groups in total. The maximum atomic E-state index is 11.8. The molecule has 0 aliphatic carbocycles. The van der Waals surface area contributed by atoms with E-state index < -0.39 is 5.97 Å². The third-order valence-corrected chi connectivity index (χ3v) is 2.84. The molecule has 0 spiro atoms. The van der Waals surface area contributed by atoms with Gasteiger partial charge in [0, 0.05) is 0 Å². The first-order valence-electron chi connectivity index (χ1n) is 6.27. The van der Waals surface area contributed by atoms with Crippen LogP contribution in [-0.4, -0.2) is 31.4 Å². The van der Waals surface area contributed by atoms with Gasteiger partial charge < -0.3 is 14.6 Å². The minimum Gasteiger partial charge on any atom is -0.490 e. The second-order valence-corrected chi connectivity index (χ2v) is 4.14. The zero-order chi connectivity index (χ0) is 14.4. The third kappa shape index (κ3) is 3.16. The van der Waals surface area contributed by atoms with Crippen LogP contribution in [0.2, 0.25) is 0 Å². The van der Waals surface area contributed by atoms with Crippen LogP contribution in [0.5, 0.6) is 5.75 Å². The van der Waals surface area contributed by atoms with Gasteiger partial charge in [0.2, 0.25) is 0 Å². The number of carbonyl (C=O) groups is 1. The van der Waals surface area contributed by atoms with E-state index in [1.165, 1.54) is 7.11 Å². The van der Waals surface area contributed by atoms with Crippen molar-refractivity contribution in [3.63, 3.8) is 0 Å². The molecule has 20 heavy (non-hydrogen) atoms. The number of esters is 1. The summed E-state index contributed by atoms with van der Waals surface area (Å²) in [5, 5.41) is 8.81. The highest BCUT2D eigenvalue weighted by Gasteiger charge is 2.14. The summed E-state index contributed by atoms with van der Waals surface area (Å²) in [6.07, 6.45) is 0. The Bertz CT molecular complexity index is 578. The van der Waals surface area contributed by atoms with Crippen molar-refractivity contribution in [3.05, 3.63) is 54.1 Å². The number of carbonyl (C=O) groups excluding carboxylic acids is 1. The maximum Gasteiger partial charge on any atom is 0.341 e. The Morgan fingerprint density at radius 3 is 2.50 bits per heavy atom. The van der Waals surface area contributed by atoms with Gasteiger partial charge in [0.1, 0.15) is 17.9 Å². The van der Waals surface area contributed by atoms with Crippen LogP contribution < -0.4 is 4.74 Å². The predicted octanol–water partition coefficient (Wildman–Crippen LogP) is 2.51. The average Bonchev–Trinajstić information content (AvgIpc) is 2.53. The van der Waals surface area contributed by atoms with Crippen LogP contribution in [0.15, 0.2) is 48.5 Å². The minimum absolute atomic E-state index is 0.110. The highest BCUT2D eigenvalue weighted by molar-refractivity contribution is 5.94. The van der Waals surface area contributed by atoms with Crippen LogP contribution in [0.3, 0.4) is 0 Å². The Balaban J connectivity index is 2.40. The van der Waals surface area contributed by atoms with E-state index in [0.29, 0.717) is 11.3 Å². The van der Waals surface area contributed by atoms with Crippen LogP contribution in [0.25, 0.3) is 11.1 Å². The highest BCUT2D eigenvalue weighted by Crippen LogP contribution is 2.27. The number of hydrogen-bond donors (Lipinski definition) is 1. The van der Waals surface area contributed by atoms with E-state index in [1.54, 1.807) is 12.1 Å². The Kier molecular flexibility index (Phi) is 4.74. The highest BCUT2D eigenvalue weighted by atomic mass is 16.5. The molecule has 4 nitrogen and oxygen atoms in total. The van der Waals surface area contributed by atoms with Gasteiger partial charge in [-0.15, -0.1) is 0 Å². The summed E-state index contributed by atoms with van der Waals surface area (Å²) in [5.41, 5.74) is 2.26. The van der Waals surface area contributed by atoms with Gasteiger partial charge >= 0.3 is 5.97 Å². The van der Waals surface area contributed by atoms with Crippen molar-refractivity contribution in [1.82, 2.24) is 0 Å². The van der Waals surface area contributed by atoms with Crippen molar-refractivity contribution in [1.29, 1.82) is 0 Å². The topological polar surface area (TPSA) is 55.8 Å². The Hall–Kier alpha value is -2.33. The van der Waals surface area contributed by atoms with E-state index in [9.17, 15) is 4.79 Å². The monoisotopic (exact) mass is 272 g/mol. The lowest BCUT2D eigenvalue weighted by Gasteiger charge is -2.11. The van der Waals surface area contributed by atoms with Crippen molar-refractivity contribution in [2.24, 2.45) is 0 Å². The summed E-state index contributed by atoms with van der Waals surface area (Å²) in [5.74, 6) is -0.0543. The van der Waals surface area contributed by atoms with Gasteiger partial charge in [0.15, 0.2) is 0 Å². The fourth-order valence-electron chi connectivity index (χ4n) is 1.89. The summed E-state index contributed by atoms with van der Waals surface area (Å²) in [7, 11) is 1.33. The molecule has 0 atom stereocenters. The van der Waals surface area contributed by atoms with Crippen LogP contribution >= 0.6 is 0 Å². The van der Waals surface area contributed by atoms with Crippen LogP contribution in [-0.2, 0) is 4.74 Å². The second-order valence-electron chi connectivity index (χ2n) is 4.14. The molecule has 0 saturated heterocycles. The molecule has 4 heteroatoms. The number of rotatable bonds is 5. The number of aliphatic hydroxyl groups is 1. The van der Waals surface area contributed by atoms with Crippen molar-refractivity contribution in [2.75, 3.05) is 20.3 Å². The molecular weight excluding hydrogens is 256 g/mol. The molecule has 0 saturated carbocycles. The van der Waals surface area contributed by atoms with Crippen LogP contribution in [0, 0.1) is 0 Å². The summed E-state index contributed by atoms with van der Waals surface area (Å²) >= 11 is 0. The summed E-state index contributed by atoms with van der Waals surface area (Å²) < 4.78 is 10.1. The Morgan fingerprint density at radius 1 is 1.10 bits per heavy atom. The third-order valence-electron chi connectivity index (χ3n) is 2.84. The molecule has 0 heterocycles. The van der Waals surface area contributed by atoms with Gasteiger partial charge in [0.25, 0.3) is 0 Å². The van der Waals surface area contributed by atoms with Crippen LogP contribution in [0.1, 0.15) is 10.4 Å².